The van der Waals surface area contributed by atoms with Gasteiger partial charge >= 0.3 is 0 Å². The number of amides is 1. The van der Waals surface area contributed by atoms with Gasteiger partial charge < -0.3 is 9.47 Å². The lowest BCUT2D eigenvalue weighted by Crippen LogP contribution is -2.30. The Balaban J connectivity index is 1.48. The van der Waals surface area contributed by atoms with Gasteiger partial charge in [-0.15, -0.1) is 10.2 Å². The highest BCUT2D eigenvalue weighted by Crippen LogP contribution is 2.27. The van der Waals surface area contributed by atoms with Gasteiger partial charge in [-0.25, -0.2) is 0 Å². The van der Waals surface area contributed by atoms with Crippen molar-refractivity contribution in [2.24, 2.45) is 0 Å². The van der Waals surface area contributed by atoms with Gasteiger partial charge in [-0.1, -0.05) is 30.3 Å². The number of hydrogen-bond donors (Lipinski definition) is 0. The summed E-state index contributed by atoms with van der Waals surface area (Å²) in [5.74, 6) is 1.07. The molecule has 4 rings (SSSR count). The maximum atomic E-state index is 12.5. The molecule has 6 heteroatoms. The molecule has 0 N–H and O–H groups in total. The molecule has 1 fully saturated rings. The molecule has 1 aliphatic rings. The number of hydrogen-bond acceptors (Lipinski definition) is 4. The number of carbonyl (C=O) groups is 1. The zero-order valence-corrected chi connectivity index (χ0v) is 14.0. The van der Waals surface area contributed by atoms with E-state index in [1.54, 1.807) is 17.7 Å². The van der Waals surface area contributed by atoms with Crippen LogP contribution >= 0.6 is 11.3 Å². The van der Waals surface area contributed by atoms with Crippen molar-refractivity contribution in [3.63, 3.8) is 0 Å². The molecule has 1 saturated heterocycles. The number of nitrogens with zero attached hydrogens (tertiary/aromatic N) is 4. The number of rotatable bonds is 4. The number of aromatic nitrogens is 3. The van der Waals surface area contributed by atoms with Crippen LogP contribution in [0, 0.1) is 0 Å². The number of carbonyl (C=O) groups excluding carboxylic acids is 1. The molecule has 2 aromatic heterocycles. The van der Waals surface area contributed by atoms with Gasteiger partial charge in [-0.3, -0.25) is 4.79 Å². The summed E-state index contributed by atoms with van der Waals surface area (Å²) in [4.78, 5) is 14.4. The molecule has 1 aromatic carbocycles. The Bertz CT molecular complexity index is 813. The van der Waals surface area contributed by atoms with Gasteiger partial charge in [0.15, 0.2) is 5.82 Å². The molecule has 1 atom stereocenters. The Labute approximate surface area is 144 Å². The quantitative estimate of drug-likeness (QED) is 0.735. The van der Waals surface area contributed by atoms with Gasteiger partial charge in [0.2, 0.25) is 5.91 Å². The predicted molar refractivity (Wildman–Crippen MR) is 93.7 cm³/mol. The van der Waals surface area contributed by atoms with E-state index in [-0.39, 0.29) is 11.9 Å². The lowest BCUT2D eigenvalue weighted by atomic mass is 10.2. The average Bonchev–Trinajstić information content (AvgIpc) is 3.36. The molecule has 0 spiro atoms. The first-order valence-electron chi connectivity index (χ1n) is 8.05. The molecular formula is C18H18N4OS. The number of thiophene rings is 1. The molecule has 0 unspecified atom stereocenters. The van der Waals surface area contributed by atoms with Crippen molar-refractivity contribution in [1.29, 1.82) is 0 Å². The molecular weight excluding hydrogens is 320 g/mol. The van der Waals surface area contributed by atoms with E-state index < -0.39 is 0 Å². The van der Waals surface area contributed by atoms with Crippen molar-refractivity contribution in [3.05, 3.63) is 59.0 Å². The van der Waals surface area contributed by atoms with Gasteiger partial charge in [0, 0.05) is 18.7 Å². The van der Waals surface area contributed by atoms with Gasteiger partial charge in [0.1, 0.15) is 6.33 Å². The summed E-state index contributed by atoms with van der Waals surface area (Å²) in [7, 11) is 0. The molecule has 1 aliphatic heterocycles. The molecule has 3 heterocycles. The zero-order valence-electron chi connectivity index (χ0n) is 13.2. The fraction of sp³-hybridized carbons (Fsp3) is 0.278. The minimum atomic E-state index is 0.199. The van der Waals surface area contributed by atoms with Gasteiger partial charge in [-0.2, -0.15) is 11.3 Å². The largest absolute Gasteiger partial charge is 0.340 e. The average molecular weight is 338 g/mol. The van der Waals surface area contributed by atoms with Crippen molar-refractivity contribution < 1.29 is 4.79 Å². The van der Waals surface area contributed by atoms with Crippen molar-refractivity contribution in [2.45, 2.75) is 18.9 Å². The van der Waals surface area contributed by atoms with Crippen LogP contribution in [0.15, 0.2) is 53.5 Å². The fourth-order valence-electron chi connectivity index (χ4n) is 3.18. The minimum absolute atomic E-state index is 0.199. The first-order chi connectivity index (χ1) is 11.8. The first kappa shape index (κ1) is 15.1. The van der Waals surface area contributed by atoms with Gasteiger partial charge in [0.25, 0.3) is 0 Å². The summed E-state index contributed by atoms with van der Waals surface area (Å²) in [6.07, 6.45) is 3.21. The van der Waals surface area contributed by atoms with Crippen LogP contribution < -0.4 is 0 Å². The topological polar surface area (TPSA) is 51.0 Å². The van der Waals surface area contributed by atoms with Crippen LogP contribution in [0.1, 0.15) is 18.0 Å². The van der Waals surface area contributed by atoms with E-state index in [0.717, 1.165) is 36.5 Å². The van der Waals surface area contributed by atoms with Crippen molar-refractivity contribution in [3.8, 4) is 11.4 Å². The second kappa shape index (κ2) is 6.57. The Morgan fingerprint density at radius 2 is 2.12 bits per heavy atom. The maximum absolute atomic E-state index is 12.5. The van der Waals surface area contributed by atoms with Crippen LogP contribution in [0.5, 0.6) is 0 Å². The molecule has 122 valence electrons. The molecule has 0 radical (unpaired) electrons. The van der Waals surface area contributed by atoms with Crippen LogP contribution in [-0.4, -0.2) is 38.7 Å². The third-order valence-corrected chi connectivity index (χ3v) is 5.18. The molecule has 0 saturated carbocycles. The number of likely N-dealkylation sites (tertiary alicyclic amines) is 1. The van der Waals surface area contributed by atoms with E-state index in [0.29, 0.717) is 6.42 Å². The highest BCUT2D eigenvalue weighted by molar-refractivity contribution is 7.08. The highest BCUT2D eigenvalue weighted by atomic mass is 32.1. The predicted octanol–water partition coefficient (Wildman–Crippen LogP) is 3.02. The molecule has 0 bridgehead atoms. The van der Waals surface area contributed by atoms with Crippen LogP contribution in [0.2, 0.25) is 0 Å². The SMILES string of the molecule is O=C(Cc1ccsc1)N1CC[C@H](n2cnnc2-c2ccccc2)C1. The van der Waals surface area contributed by atoms with Crippen molar-refractivity contribution in [1.82, 2.24) is 19.7 Å². The molecule has 24 heavy (non-hydrogen) atoms. The monoisotopic (exact) mass is 338 g/mol. The second-order valence-corrected chi connectivity index (χ2v) is 6.80. The van der Waals surface area contributed by atoms with Gasteiger partial charge in [-0.05, 0) is 28.8 Å². The highest BCUT2D eigenvalue weighted by Gasteiger charge is 2.29. The Hall–Kier alpha value is -2.47. The Morgan fingerprint density at radius 1 is 1.25 bits per heavy atom. The third-order valence-electron chi connectivity index (χ3n) is 4.45. The fourth-order valence-corrected chi connectivity index (χ4v) is 3.85. The smallest absolute Gasteiger partial charge is 0.227 e. The van der Waals surface area contributed by atoms with Gasteiger partial charge in [0.05, 0.1) is 12.5 Å². The normalized spacial score (nSPS) is 17.3. The standard InChI is InChI=1S/C18H18N4OS/c23-17(10-14-7-9-24-12-14)21-8-6-16(11-21)22-13-19-20-18(22)15-4-2-1-3-5-15/h1-5,7,9,12-13,16H,6,8,10-11H2/t16-/m0/s1. The first-order valence-corrected chi connectivity index (χ1v) is 8.99. The van der Waals surface area contributed by atoms with E-state index in [2.05, 4.69) is 14.8 Å². The van der Waals surface area contributed by atoms with Crippen molar-refractivity contribution >= 4 is 17.2 Å². The summed E-state index contributed by atoms with van der Waals surface area (Å²) in [5.41, 5.74) is 2.15. The van der Waals surface area contributed by atoms with Crippen molar-refractivity contribution in [2.75, 3.05) is 13.1 Å². The Kier molecular flexibility index (Phi) is 4.13. The summed E-state index contributed by atoms with van der Waals surface area (Å²) >= 11 is 1.63. The van der Waals surface area contributed by atoms with E-state index >= 15 is 0 Å². The maximum Gasteiger partial charge on any atom is 0.227 e. The third kappa shape index (κ3) is 2.97. The van der Waals surface area contributed by atoms with Crippen LogP contribution in [-0.2, 0) is 11.2 Å². The summed E-state index contributed by atoms with van der Waals surface area (Å²) < 4.78 is 2.10. The Morgan fingerprint density at radius 3 is 2.92 bits per heavy atom. The van der Waals surface area contributed by atoms with E-state index in [1.165, 1.54) is 0 Å². The molecule has 3 aromatic rings. The zero-order chi connectivity index (χ0) is 16.4. The van der Waals surface area contributed by atoms with E-state index in [1.807, 2.05) is 52.1 Å². The lowest BCUT2D eigenvalue weighted by Gasteiger charge is -2.17. The summed E-state index contributed by atoms with van der Waals surface area (Å²) in [6.45, 7) is 1.51. The molecule has 5 nitrogen and oxygen atoms in total. The van der Waals surface area contributed by atoms with Crippen LogP contribution in [0.4, 0.5) is 0 Å². The summed E-state index contributed by atoms with van der Waals surface area (Å²) in [6, 6.07) is 12.3. The van der Waals surface area contributed by atoms with Crippen LogP contribution in [0.3, 0.4) is 0 Å². The molecule has 0 aliphatic carbocycles. The molecule has 1 amide bonds. The van der Waals surface area contributed by atoms with E-state index in [9.17, 15) is 4.79 Å². The van der Waals surface area contributed by atoms with E-state index in [4.69, 9.17) is 0 Å². The number of benzene rings is 1. The second-order valence-electron chi connectivity index (χ2n) is 6.02. The lowest BCUT2D eigenvalue weighted by molar-refractivity contribution is -0.129. The van der Waals surface area contributed by atoms with Crippen LogP contribution in [0.25, 0.3) is 11.4 Å². The minimum Gasteiger partial charge on any atom is -0.340 e. The summed E-state index contributed by atoms with van der Waals surface area (Å²) in [5, 5.41) is 12.4.